The molecule has 0 spiro atoms. The molecule has 1 aliphatic rings. The Morgan fingerprint density at radius 3 is 2.61 bits per heavy atom. The lowest BCUT2D eigenvalue weighted by Gasteiger charge is -2.15. The van der Waals surface area contributed by atoms with E-state index in [9.17, 15) is 9.59 Å². The summed E-state index contributed by atoms with van der Waals surface area (Å²) in [5, 5.41) is 10.3. The first-order chi connectivity index (χ1) is 13.4. The van der Waals surface area contributed by atoms with E-state index in [0.29, 0.717) is 27.8 Å². The van der Waals surface area contributed by atoms with Crippen LogP contribution < -0.4 is 19.9 Å². The Balaban J connectivity index is 1.90. The molecule has 2 aromatic carbocycles. The van der Waals surface area contributed by atoms with Crippen molar-refractivity contribution in [3.63, 3.8) is 0 Å². The number of hydrazine groups is 1. The van der Waals surface area contributed by atoms with E-state index in [-0.39, 0.29) is 17.2 Å². The molecule has 1 aliphatic heterocycles. The molecule has 0 radical (unpaired) electrons. The average molecular weight is 418 g/mol. The van der Waals surface area contributed by atoms with Gasteiger partial charge >= 0.3 is 0 Å². The number of amides is 2. The Morgan fingerprint density at radius 1 is 1.14 bits per heavy atom. The molecule has 7 nitrogen and oxygen atoms in total. The van der Waals surface area contributed by atoms with E-state index in [1.807, 2.05) is 6.07 Å². The number of benzene rings is 2. The number of nitriles is 1. The highest BCUT2D eigenvalue weighted by molar-refractivity contribution is 6.42. The van der Waals surface area contributed by atoms with Crippen molar-refractivity contribution in [2.24, 2.45) is 0 Å². The molecule has 0 unspecified atom stereocenters. The third-order valence-electron chi connectivity index (χ3n) is 3.84. The van der Waals surface area contributed by atoms with Crippen molar-refractivity contribution in [2.45, 2.75) is 0 Å². The summed E-state index contributed by atoms with van der Waals surface area (Å²) in [6.07, 6.45) is 1.44. The first-order valence-corrected chi connectivity index (χ1v) is 8.70. The van der Waals surface area contributed by atoms with E-state index in [4.69, 9.17) is 37.9 Å². The van der Waals surface area contributed by atoms with E-state index < -0.39 is 11.8 Å². The third-order valence-corrected chi connectivity index (χ3v) is 4.58. The van der Waals surface area contributed by atoms with Crippen molar-refractivity contribution in [1.82, 2.24) is 5.43 Å². The quantitative estimate of drug-likeness (QED) is 0.594. The molecule has 28 heavy (non-hydrogen) atoms. The second kappa shape index (κ2) is 8.21. The first kappa shape index (κ1) is 19.5. The van der Waals surface area contributed by atoms with Gasteiger partial charge in [-0.05, 0) is 42.0 Å². The standard InChI is InChI=1S/C19H13Cl2N3O4/c1-27-17-9-11(2-5-16(17)28-7-6-22)8-13-18(25)23-24(19(13)26)12-3-4-14(20)15(21)10-12/h2-5,8-10H,7H2,1H3,(H,23,25)/b13-8-. The SMILES string of the molecule is COc1cc(/C=C2/C(=O)NN(c3ccc(Cl)c(Cl)c3)C2=O)ccc1OCC#N. The van der Waals surface area contributed by atoms with Crippen LogP contribution in [0.25, 0.3) is 6.08 Å². The van der Waals surface area contributed by atoms with Crippen molar-refractivity contribution < 1.29 is 19.1 Å². The van der Waals surface area contributed by atoms with E-state index in [2.05, 4.69) is 5.43 Å². The van der Waals surface area contributed by atoms with E-state index >= 15 is 0 Å². The predicted molar refractivity (Wildman–Crippen MR) is 104 cm³/mol. The maximum atomic E-state index is 12.7. The average Bonchev–Trinajstić information content (AvgIpc) is 2.97. The topological polar surface area (TPSA) is 91.7 Å². The normalized spacial score (nSPS) is 14.8. The molecular weight excluding hydrogens is 405 g/mol. The van der Waals surface area contributed by atoms with Crippen LogP contribution in [-0.2, 0) is 9.59 Å². The Kier molecular flexibility index (Phi) is 5.73. The largest absolute Gasteiger partial charge is 0.493 e. The monoisotopic (exact) mass is 417 g/mol. The highest BCUT2D eigenvalue weighted by Gasteiger charge is 2.34. The molecule has 0 aromatic heterocycles. The molecule has 0 aliphatic carbocycles. The predicted octanol–water partition coefficient (Wildman–Crippen LogP) is 3.37. The number of rotatable bonds is 5. The first-order valence-electron chi connectivity index (χ1n) is 7.94. The summed E-state index contributed by atoms with van der Waals surface area (Å²) in [6.45, 7) is -0.129. The van der Waals surface area contributed by atoms with E-state index in [1.54, 1.807) is 24.3 Å². The van der Waals surface area contributed by atoms with Crippen LogP contribution in [0.4, 0.5) is 5.69 Å². The fourth-order valence-corrected chi connectivity index (χ4v) is 2.83. The van der Waals surface area contributed by atoms with Crippen molar-refractivity contribution >= 4 is 46.8 Å². The van der Waals surface area contributed by atoms with Gasteiger partial charge in [-0.2, -0.15) is 5.26 Å². The van der Waals surface area contributed by atoms with Crippen molar-refractivity contribution in [1.29, 1.82) is 5.26 Å². The Morgan fingerprint density at radius 2 is 1.93 bits per heavy atom. The Labute approximate surface area is 170 Å². The minimum absolute atomic E-state index is 0.0566. The number of hydrogen-bond acceptors (Lipinski definition) is 5. The summed E-state index contributed by atoms with van der Waals surface area (Å²) in [5.74, 6) is -0.338. The molecule has 0 saturated carbocycles. The number of ether oxygens (including phenoxy) is 2. The van der Waals surface area contributed by atoms with Crippen LogP contribution in [0.5, 0.6) is 11.5 Å². The summed E-state index contributed by atoms with van der Waals surface area (Å²) in [7, 11) is 1.45. The van der Waals surface area contributed by atoms with Crippen LogP contribution >= 0.6 is 23.2 Å². The van der Waals surface area contributed by atoms with Crippen LogP contribution in [0.15, 0.2) is 42.0 Å². The molecule has 142 valence electrons. The summed E-state index contributed by atoms with van der Waals surface area (Å²) in [4.78, 5) is 25.0. The van der Waals surface area contributed by atoms with Gasteiger partial charge in [-0.15, -0.1) is 0 Å². The molecule has 1 saturated heterocycles. The summed E-state index contributed by atoms with van der Waals surface area (Å²) < 4.78 is 10.5. The molecule has 2 aromatic rings. The van der Waals surface area contributed by atoms with Crippen LogP contribution in [-0.4, -0.2) is 25.5 Å². The molecular formula is C19H13Cl2N3O4. The van der Waals surface area contributed by atoms with Crippen LogP contribution in [0.1, 0.15) is 5.56 Å². The molecule has 0 bridgehead atoms. The lowest BCUT2D eigenvalue weighted by molar-refractivity contribution is -0.117. The van der Waals surface area contributed by atoms with Gasteiger partial charge in [0.05, 0.1) is 22.8 Å². The zero-order chi connectivity index (χ0) is 20.3. The Hall–Kier alpha value is -3.21. The van der Waals surface area contributed by atoms with Crippen LogP contribution in [0.3, 0.4) is 0 Å². The maximum absolute atomic E-state index is 12.7. The van der Waals surface area contributed by atoms with Gasteiger partial charge < -0.3 is 9.47 Å². The number of carbonyl (C=O) groups is 2. The number of methoxy groups -OCH3 is 1. The minimum Gasteiger partial charge on any atom is -0.493 e. The van der Waals surface area contributed by atoms with Crippen molar-refractivity contribution in [2.75, 3.05) is 18.7 Å². The highest BCUT2D eigenvalue weighted by atomic mass is 35.5. The second-order valence-corrected chi connectivity index (χ2v) is 6.41. The summed E-state index contributed by atoms with van der Waals surface area (Å²) in [5.41, 5.74) is 3.37. The number of hydrogen-bond donors (Lipinski definition) is 1. The Bertz CT molecular complexity index is 1030. The van der Waals surface area contributed by atoms with Crippen LogP contribution in [0, 0.1) is 11.3 Å². The number of nitrogens with zero attached hydrogens (tertiary/aromatic N) is 2. The number of halogens is 2. The van der Waals surface area contributed by atoms with Gasteiger partial charge in [0.15, 0.2) is 18.1 Å². The van der Waals surface area contributed by atoms with Gasteiger partial charge in [0, 0.05) is 0 Å². The number of anilines is 1. The summed E-state index contributed by atoms with van der Waals surface area (Å²) >= 11 is 11.9. The van der Waals surface area contributed by atoms with E-state index in [0.717, 1.165) is 5.01 Å². The molecule has 9 heteroatoms. The molecule has 1 fully saturated rings. The van der Waals surface area contributed by atoms with Crippen LogP contribution in [0.2, 0.25) is 10.0 Å². The molecule has 2 amide bonds. The molecule has 0 atom stereocenters. The second-order valence-electron chi connectivity index (χ2n) is 5.60. The zero-order valence-electron chi connectivity index (χ0n) is 14.5. The van der Waals surface area contributed by atoms with Crippen molar-refractivity contribution in [3.05, 3.63) is 57.6 Å². The number of carbonyl (C=O) groups excluding carboxylic acids is 2. The van der Waals surface area contributed by atoms with E-state index in [1.165, 1.54) is 25.3 Å². The van der Waals surface area contributed by atoms with Crippen molar-refractivity contribution in [3.8, 4) is 17.6 Å². The molecule has 3 rings (SSSR count). The lowest BCUT2D eigenvalue weighted by atomic mass is 10.1. The molecule has 1 N–H and O–H groups in total. The zero-order valence-corrected chi connectivity index (χ0v) is 16.0. The third kappa shape index (κ3) is 3.88. The molecule has 1 heterocycles. The maximum Gasteiger partial charge on any atom is 0.282 e. The number of nitrogens with one attached hydrogen (secondary N) is 1. The van der Waals surface area contributed by atoms with Gasteiger partial charge in [0.1, 0.15) is 11.6 Å². The highest BCUT2D eigenvalue weighted by Crippen LogP contribution is 2.31. The van der Waals surface area contributed by atoms with Gasteiger partial charge in [-0.25, -0.2) is 5.01 Å². The summed E-state index contributed by atoms with van der Waals surface area (Å²) in [6, 6.07) is 11.3. The van der Waals surface area contributed by atoms with Gasteiger partial charge in [0.25, 0.3) is 11.8 Å². The van der Waals surface area contributed by atoms with Gasteiger partial charge in [-0.1, -0.05) is 29.3 Å². The van der Waals surface area contributed by atoms with Gasteiger partial charge in [0.2, 0.25) is 0 Å². The fraction of sp³-hybridized carbons (Fsp3) is 0.105. The lowest BCUT2D eigenvalue weighted by Crippen LogP contribution is -2.35. The van der Waals surface area contributed by atoms with Gasteiger partial charge in [-0.3, -0.25) is 15.0 Å². The fourth-order valence-electron chi connectivity index (χ4n) is 2.53. The minimum atomic E-state index is -0.556. The smallest absolute Gasteiger partial charge is 0.282 e.